The van der Waals surface area contributed by atoms with E-state index in [0.717, 1.165) is 41.2 Å². The van der Waals surface area contributed by atoms with Crippen LogP contribution in [-0.2, 0) is 19.4 Å². The molecule has 31 heavy (non-hydrogen) atoms. The Morgan fingerprint density at radius 3 is 2.55 bits per heavy atom. The molecule has 4 heteroatoms. The van der Waals surface area contributed by atoms with Crippen LogP contribution in [0.1, 0.15) is 55.5 Å². The molecule has 0 radical (unpaired) electrons. The molecule has 158 valence electrons. The van der Waals surface area contributed by atoms with Gasteiger partial charge in [0.1, 0.15) is 12.2 Å². The summed E-state index contributed by atoms with van der Waals surface area (Å²) in [6, 6.07) is 16.6. The Hall–Kier alpha value is -3.14. The van der Waals surface area contributed by atoms with Crippen molar-refractivity contribution in [2.24, 2.45) is 4.99 Å². The smallest absolute Gasteiger partial charge is 0.166 e. The Balaban J connectivity index is 1.64. The quantitative estimate of drug-likeness (QED) is 0.565. The number of pyridine rings is 1. The van der Waals surface area contributed by atoms with Gasteiger partial charge in [-0.15, -0.1) is 0 Å². The van der Waals surface area contributed by atoms with E-state index in [2.05, 4.69) is 63.0 Å². The zero-order valence-corrected chi connectivity index (χ0v) is 18.6. The van der Waals surface area contributed by atoms with Gasteiger partial charge in [-0.3, -0.25) is 9.98 Å². The molecule has 0 saturated carbocycles. The summed E-state index contributed by atoms with van der Waals surface area (Å²) in [5.41, 5.74) is 6.50. The van der Waals surface area contributed by atoms with Crippen LogP contribution in [0.4, 0.5) is 0 Å². The number of nitrogens with zero attached hydrogens (tertiary/aromatic N) is 2. The van der Waals surface area contributed by atoms with Gasteiger partial charge in [0.05, 0.1) is 11.3 Å². The monoisotopic (exact) mass is 412 g/mol. The van der Waals surface area contributed by atoms with E-state index in [4.69, 9.17) is 14.5 Å². The first-order chi connectivity index (χ1) is 14.8. The third kappa shape index (κ3) is 3.83. The molecule has 0 saturated heterocycles. The van der Waals surface area contributed by atoms with Gasteiger partial charge in [0.25, 0.3) is 0 Å². The standard InChI is InChI=1S/C27H28N2O2/c1-26(2)14-20-13-22(30-17-18-9-8-12-28-16-18)25-21(15-27(3,4)31-25)23(20)24(29-26)19-10-6-5-7-11-19/h5-13,16H,14-15,17H2,1-4H3. The van der Waals surface area contributed by atoms with Gasteiger partial charge in [0.2, 0.25) is 0 Å². The maximum absolute atomic E-state index is 6.42. The Morgan fingerprint density at radius 1 is 1.00 bits per heavy atom. The number of ether oxygens (including phenoxy) is 2. The molecule has 3 aromatic rings. The van der Waals surface area contributed by atoms with Crippen LogP contribution in [0.25, 0.3) is 0 Å². The first-order valence-corrected chi connectivity index (χ1v) is 10.9. The molecule has 0 unspecified atom stereocenters. The third-order valence-electron chi connectivity index (χ3n) is 5.85. The van der Waals surface area contributed by atoms with Crippen LogP contribution in [0.2, 0.25) is 0 Å². The summed E-state index contributed by atoms with van der Waals surface area (Å²) in [6.07, 6.45) is 5.32. The zero-order chi connectivity index (χ0) is 21.6. The molecule has 0 fully saturated rings. The number of hydrogen-bond acceptors (Lipinski definition) is 4. The van der Waals surface area contributed by atoms with Crippen molar-refractivity contribution < 1.29 is 9.47 Å². The fourth-order valence-electron chi connectivity index (χ4n) is 4.63. The number of fused-ring (bicyclic) bond motifs is 3. The Kier molecular flexibility index (Phi) is 4.62. The molecular weight excluding hydrogens is 384 g/mol. The van der Waals surface area contributed by atoms with Crippen molar-refractivity contribution in [1.29, 1.82) is 0 Å². The fourth-order valence-corrected chi connectivity index (χ4v) is 4.63. The summed E-state index contributed by atoms with van der Waals surface area (Å²) in [4.78, 5) is 9.38. The van der Waals surface area contributed by atoms with E-state index >= 15 is 0 Å². The fraction of sp³-hybridized carbons (Fsp3) is 0.333. The maximum atomic E-state index is 6.42. The van der Waals surface area contributed by atoms with Crippen LogP contribution in [0, 0.1) is 0 Å². The summed E-state index contributed by atoms with van der Waals surface area (Å²) in [6.45, 7) is 9.13. The summed E-state index contributed by atoms with van der Waals surface area (Å²) < 4.78 is 12.7. The van der Waals surface area contributed by atoms with Crippen LogP contribution in [0.15, 0.2) is 65.9 Å². The Morgan fingerprint density at radius 2 is 1.81 bits per heavy atom. The van der Waals surface area contributed by atoms with Crippen molar-refractivity contribution in [1.82, 2.24) is 4.98 Å². The van der Waals surface area contributed by atoms with Gasteiger partial charge >= 0.3 is 0 Å². The second-order valence-corrected chi connectivity index (χ2v) is 9.72. The Labute approximate surface area is 184 Å². The van der Waals surface area contributed by atoms with Gasteiger partial charge in [0, 0.05) is 41.1 Å². The van der Waals surface area contributed by atoms with Crippen LogP contribution in [-0.4, -0.2) is 21.8 Å². The summed E-state index contributed by atoms with van der Waals surface area (Å²) in [5, 5.41) is 0. The largest absolute Gasteiger partial charge is 0.485 e. The normalized spacial score (nSPS) is 17.9. The highest BCUT2D eigenvalue weighted by Gasteiger charge is 2.39. The molecular formula is C27H28N2O2. The molecule has 0 amide bonds. The van der Waals surface area contributed by atoms with Gasteiger partial charge in [-0.25, -0.2) is 0 Å². The highest BCUT2D eigenvalue weighted by atomic mass is 16.5. The van der Waals surface area contributed by atoms with Gasteiger partial charge in [0.15, 0.2) is 11.5 Å². The van der Waals surface area contributed by atoms with Crippen molar-refractivity contribution >= 4 is 5.71 Å². The van der Waals surface area contributed by atoms with Crippen LogP contribution in [0.3, 0.4) is 0 Å². The minimum atomic E-state index is -0.279. The van der Waals surface area contributed by atoms with Crippen molar-refractivity contribution in [3.05, 3.63) is 88.7 Å². The minimum absolute atomic E-state index is 0.179. The predicted molar refractivity (Wildman–Crippen MR) is 123 cm³/mol. The summed E-state index contributed by atoms with van der Waals surface area (Å²) >= 11 is 0. The Bertz CT molecular complexity index is 1150. The molecule has 3 heterocycles. The predicted octanol–water partition coefficient (Wildman–Crippen LogP) is 5.55. The average Bonchev–Trinajstić information content (AvgIpc) is 3.07. The van der Waals surface area contributed by atoms with Crippen LogP contribution in [0.5, 0.6) is 11.5 Å². The van der Waals surface area contributed by atoms with Gasteiger partial charge < -0.3 is 9.47 Å². The van der Waals surface area contributed by atoms with E-state index in [9.17, 15) is 0 Å². The second kappa shape index (κ2) is 7.23. The van der Waals surface area contributed by atoms with Crippen LogP contribution >= 0.6 is 0 Å². The highest BCUT2D eigenvalue weighted by Crippen LogP contribution is 2.48. The second-order valence-electron chi connectivity index (χ2n) is 9.72. The first kappa shape index (κ1) is 19.8. The van der Waals surface area contributed by atoms with E-state index in [0.29, 0.717) is 6.61 Å². The van der Waals surface area contributed by atoms with Crippen molar-refractivity contribution in [3.8, 4) is 11.5 Å². The number of aliphatic imine (C=N–C) groups is 1. The molecule has 2 aliphatic rings. The number of rotatable bonds is 4. The van der Waals surface area contributed by atoms with Crippen molar-refractivity contribution in [2.45, 2.75) is 58.3 Å². The third-order valence-corrected chi connectivity index (χ3v) is 5.85. The highest BCUT2D eigenvalue weighted by molar-refractivity contribution is 6.16. The molecule has 2 aliphatic heterocycles. The van der Waals surface area contributed by atoms with E-state index in [1.54, 1.807) is 6.20 Å². The lowest BCUT2D eigenvalue weighted by atomic mass is 9.81. The molecule has 4 nitrogen and oxygen atoms in total. The molecule has 2 aromatic carbocycles. The topological polar surface area (TPSA) is 43.7 Å². The van der Waals surface area contributed by atoms with Gasteiger partial charge in [-0.1, -0.05) is 36.4 Å². The molecule has 0 bridgehead atoms. The number of hydrogen-bond donors (Lipinski definition) is 0. The zero-order valence-electron chi connectivity index (χ0n) is 18.6. The molecule has 1 aromatic heterocycles. The lowest BCUT2D eigenvalue weighted by molar-refractivity contribution is 0.131. The number of aromatic nitrogens is 1. The SMILES string of the molecule is CC1(C)Cc2cc(OCc3cccnc3)c3c(c2C(c2ccccc2)=N1)CC(C)(C)O3. The summed E-state index contributed by atoms with van der Waals surface area (Å²) in [5.74, 6) is 1.67. The van der Waals surface area contributed by atoms with Gasteiger partial charge in [-0.05, 0) is 51.8 Å². The maximum Gasteiger partial charge on any atom is 0.166 e. The van der Waals surface area contributed by atoms with Crippen molar-refractivity contribution in [3.63, 3.8) is 0 Å². The lowest BCUT2D eigenvalue weighted by Gasteiger charge is -2.31. The van der Waals surface area contributed by atoms with E-state index in [-0.39, 0.29) is 11.1 Å². The van der Waals surface area contributed by atoms with E-state index < -0.39 is 0 Å². The molecule has 0 atom stereocenters. The summed E-state index contributed by atoms with van der Waals surface area (Å²) in [7, 11) is 0. The van der Waals surface area contributed by atoms with E-state index in [1.807, 2.05) is 24.4 Å². The minimum Gasteiger partial charge on any atom is -0.485 e. The number of benzene rings is 2. The molecule has 5 rings (SSSR count). The van der Waals surface area contributed by atoms with Gasteiger partial charge in [-0.2, -0.15) is 0 Å². The molecule has 0 spiro atoms. The van der Waals surface area contributed by atoms with Crippen LogP contribution < -0.4 is 9.47 Å². The van der Waals surface area contributed by atoms with Crippen molar-refractivity contribution in [2.75, 3.05) is 0 Å². The first-order valence-electron chi connectivity index (χ1n) is 10.9. The van der Waals surface area contributed by atoms with E-state index in [1.165, 1.54) is 16.7 Å². The molecule has 0 aliphatic carbocycles. The lowest BCUT2D eigenvalue weighted by Crippen LogP contribution is -2.30. The molecule has 0 N–H and O–H groups in total. The average molecular weight is 413 g/mol.